The molecule has 138 valence electrons. The first-order valence-electron chi connectivity index (χ1n) is 9.00. The van der Waals surface area contributed by atoms with Crippen LogP contribution in [0.5, 0.6) is 5.75 Å². The number of nitrogens with zero attached hydrogens (tertiary/aromatic N) is 4. The number of aromatic nitrogens is 3. The van der Waals surface area contributed by atoms with E-state index in [0.29, 0.717) is 19.7 Å². The first kappa shape index (κ1) is 17.1. The lowest BCUT2D eigenvalue weighted by Gasteiger charge is -2.29. The van der Waals surface area contributed by atoms with E-state index in [4.69, 9.17) is 4.74 Å². The quantitative estimate of drug-likeness (QED) is 0.772. The van der Waals surface area contributed by atoms with Gasteiger partial charge in [0.15, 0.2) is 0 Å². The lowest BCUT2D eigenvalue weighted by molar-refractivity contribution is 0.206. The van der Waals surface area contributed by atoms with Crippen LogP contribution in [-0.2, 0) is 13.0 Å². The van der Waals surface area contributed by atoms with Gasteiger partial charge in [0.25, 0.3) is 0 Å². The molecule has 0 fully saturated rings. The van der Waals surface area contributed by atoms with Crippen LogP contribution in [0.2, 0.25) is 0 Å². The Balaban J connectivity index is 1.42. The Hall–Kier alpha value is -3.35. The summed E-state index contributed by atoms with van der Waals surface area (Å²) in [5.41, 5.74) is 4.00. The molecule has 1 N–H and O–H groups in total. The maximum absolute atomic E-state index is 12.7. The van der Waals surface area contributed by atoms with Crippen LogP contribution in [0.1, 0.15) is 18.1 Å². The molecule has 0 saturated carbocycles. The van der Waals surface area contributed by atoms with Crippen LogP contribution in [0.15, 0.2) is 54.9 Å². The highest BCUT2D eigenvalue weighted by Crippen LogP contribution is 2.24. The Morgan fingerprint density at radius 1 is 1.11 bits per heavy atom. The molecule has 0 aliphatic carbocycles. The van der Waals surface area contributed by atoms with Gasteiger partial charge in [-0.05, 0) is 60.9 Å². The topological polar surface area (TPSA) is 72.3 Å². The van der Waals surface area contributed by atoms with Gasteiger partial charge in [0.2, 0.25) is 0 Å². The van der Waals surface area contributed by atoms with E-state index in [9.17, 15) is 4.79 Å². The molecule has 27 heavy (non-hydrogen) atoms. The molecule has 2 amide bonds. The molecule has 0 unspecified atom stereocenters. The van der Waals surface area contributed by atoms with Gasteiger partial charge in [-0.3, -0.25) is 0 Å². The fraction of sp³-hybridized carbons (Fsp3) is 0.250. The number of carbonyl (C=O) groups is 1. The van der Waals surface area contributed by atoms with Crippen LogP contribution in [0, 0.1) is 0 Å². The normalized spacial score (nSPS) is 13.1. The Kier molecular flexibility index (Phi) is 4.74. The molecule has 2 heterocycles. The summed E-state index contributed by atoms with van der Waals surface area (Å²) in [4.78, 5) is 16.0. The third-order valence-electron chi connectivity index (χ3n) is 4.56. The third-order valence-corrected chi connectivity index (χ3v) is 4.56. The maximum atomic E-state index is 12.7. The fourth-order valence-electron chi connectivity index (χ4n) is 3.19. The van der Waals surface area contributed by atoms with Crippen molar-refractivity contribution in [1.82, 2.24) is 19.9 Å². The lowest BCUT2D eigenvalue weighted by Crippen LogP contribution is -2.38. The minimum absolute atomic E-state index is 0.104. The van der Waals surface area contributed by atoms with Gasteiger partial charge in [-0.2, -0.15) is 15.0 Å². The zero-order valence-electron chi connectivity index (χ0n) is 15.1. The molecule has 1 aliphatic rings. The van der Waals surface area contributed by atoms with E-state index in [1.54, 1.807) is 12.4 Å². The maximum Gasteiger partial charge on any atom is 0.322 e. The molecule has 4 rings (SSSR count). The van der Waals surface area contributed by atoms with Gasteiger partial charge in [0, 0.05) is 18.8 Å². The number of amides is 2. The van der Waals surface area contributed by atoms with Crippen molar-refractivity contribution in [3.63, 3.8) is 0 Å². The predicted molar refractivity (Wildman–Crippen MR) is 102 cm³/mol. The van der Waals surface area contributed by atoms with Crippen molar-refractivity contribution >= 4 is 11.7 Å². The van der Waals surface area contributed by atoms with Crippen LogP contribution >= 0.6 is 0 Å². The van der Waals surface area contributed by atoms with Gasteiger partial charge in [0.05, 0.1) is 24.7 Å². The summed E-state index contributed by atoms with van der Waals surface area (Å²) in [6, 6.07) is 13.5. The largest absolute Gasteiger partial charge is 0.494 e. The zero-order chi connectivity index (χ0) is 18.6. The van der Waals surface area contributed by atoms with E-state index in [2.05, 4.69) is 21.6 Å². The van der Waals surface area contributed by atoms with Crippen molar-refractivity contribution in [1.29, 1.82) is 0 Å². The van der Waals surface area contributed by atoms with E-state index in [0.717, 1.165) is 29.1 Å². The van der Waals surface area contributed by atoms with Gasteiger partial charge < -0.3 is 15.0 Å². The molecule has 0 bridgehead atoms. The average molecular weight is 363 g/mol. The van der Waals surface area contributed by atoms with Crippen molar-refractivity contribution in [2.24, 2.45) is 0 Å². The average Bonchev–Trinajstić information content (AvgIpc) is 3.23. The third kappa shape index (κ3) is 3.76. The van der Waals surface area contributed by atoms with Crippen LogP contribution in [-0.4, -0.2) is 39.1 Å². The molecule has 2 aromatic carbocycles. The summed E-state index contributed by atoms with van der Waals surface area (Å²) < 4.78 is 5.57. The number of hydrogen-bond acceptors (Lipinski definition) is 4. The van der Waals surface area contributed by atoms with E-state index in [1.165, 1.54) is 10.4 Å². The number of anilines is 1. The molecule has 3 aromatic rings. The number of urea groups is 1. The molecule has 7 nitrogen and oxygen atoms in total. The highest BCUT2D eigenvalue weighted by atomic mass is 16.5. The second-order valence-corrected chi connectivity index (χ2v) is 6.33. The summed E-state index contributed by atoms with van der Waals surface area (Å²) in [6.07, 6.45) is 4.10. The molecule has 7 heteroatoms. The first-order chi connectivity index (χ1) is 13.2. The van der Waals surface area contributed by atoms with E-state index in [1.807, 2.05) is 48.2 Å². The van der Waals surface area contributed by atoms with Gasteiger partial charge in [-0.25, -0.2) is 4.79 Å². The van der Waals surface area contributed by atoms with Gasteiger partial charge in [-0.1, -0.05) is 6.07 Å². The minimum Gasteiger partial charge on any atom is -0.494 e. The molecule has 0 atom stereocenters. The van der Waals surface area contributed by atoms with E-state index in [-0.39, 0.29) is 6.03 Å². The molecule has 0 radical (unpaired) electrons. The van der Waals surface area contributed by atoms with E-state index < -0.39 is 0 Å². The molecular weight excluding hydrogens is 342 g/mol. The number of nitrogens with one attached hydrogen (secondary N) is 1. The van der Waals surface area contributed by atoms with E-state index >= 15 is 0 Å². The smallest absolute Gasteiger partial charge is 0.322 e. The first-order valence-corrected chi connectivity index (χ1v) is 9.00. The number of hydrogen-bond donors (Lipinski definition) is 1. The van der Waals surface area contributed by atoms with Crippen LogP contribution in [0.4, 0.5) is 10.5 Å². The van der Waals surface area contributed by atoms with Gasteiger partial charge in [-0.15, -0.1) is 0 Å². The number of rotatable bonds is 4. The Bertz CT molecular complexity index is 922. The molecular formula is C20H21N5O2. The van der Waals surface area contributed by atoms with Crippen molar-refractivity contribution in [2.75, 3.05) is 18.5 Å². The van der Waals surface area contributed by atoms with Crippen LogP contribution < -0.4 is 10.1 Å². The lowest BCUT2D eigenvalue weighted by atomic mass is 10.00. The molecule has 1 aromatic heterocycles. The summed E-state index contributed by atoms with van der Waals surface area (Å²) in [7, 11) is 0. The molecule has 1 aliphatic heterocycles. The van der Waals surface area contributed by atoms with Crippen molar-refractivity contribution in [2.45, 2.75) is 19.9 Å². The van der Waals surface area contributed by atoms with Crippen molar-refractivity contribution < 1.29 is 9.53 Å². The SMILES string of the molecule is CCOc1ccc2c(c1)CN(C(=O)Nc1ccc(-n3nccn3)cc1)CC2. The number of fused-ring (bicyclic) bond motifs is 1. The number of carbonyl (C=O) groups excluding carboxylic acids is 1. The molecule has 0 spiro atoms. The zero-order valence-corrected chi connectivity index (χ0v) is 15.1. The Morgan fingerprint density at radius 3 is 2.63 bits per heavy atom. The Morgan fingerprint density at radius 2 is 1.89 bits per heavy atom. The highest BCUT2D eigenvalue weighted by Gasteiger charge is 2.21. The summed E-state index contributed by atoms with van der Waals surface area (Å²) in [5.74, 6) is 0.848. The summed E-state index contributed by atoms with van der Waals surface area (Å²) in [6.45, 7) is 3.87. The highest BCUT2D eigenvalue weighted by molar-refractivity contribution is 5.89. The van der Waals surface area contributed by atoms with Crippen LogP contribution in [0.3, 0.4) is 0 Å². The number of benzene rings is 2. The van der Waals surface area contributed by atoms with Crippen molar-refractivity contribution in [3.8, 4) is 11.4 Å². The predicted octanol–water partition coefficient (Wildman–Crippen LogP) is 3.26. The van der Waals surface area contributed by atoms with Gasteiger partial charge in [0.1, 0.15) is 5.75 Å². The standard InChI is InChI=1S/C20H21N5O2/c1-2-27-19-8-3-15-9-12-24(14-16(15)13-19)20(26)23-17-4-6-18(7-5-17)25-21-10-11-22-25/h3-8,10-11,13H,2,9,12,14H2,1H3,(H,23,26). The molecule has 0 saturated heterocycles. The number of ether oxygens (including phenoxy) is 1. The summed E-state index contributed by atoms with van der Waals surface area (Å²) >= 11 is 0. The minimum atomic E-state index is -0.104. The summed E-state index contributed by atoms with van der Waals surface area (Å²) in [5, 5.41) is 11.1. The Labute approximate surface area is 157 Å². The monoisotopic (exact) mass is 363 g/mol. The second-order valence-electron chi connectivity index (χ2n) is 6.33. The fourth-order valence-corrected chi connectivity index (χ4v) is 3.19. The second kappa shape index (κ2) is 7.49. The van der Waals surface area contributed by atoms with Gasteiger partial charge >= 0.3 is 6.03 Å². The van der Waals surface area contributed by atoms with Crippen molar-refractivity contribution in [3.05, 3.63) is 66.0 Å². The van der Waals surface area contributed by atoms with Crippen LogP contribution in [0.25, 0.3) is 5.69 Å².